The predicted molar refractivity (Wildman–Crippen MR) is 108 cm³/mol. The molecule has 1 amide bonds. The normalized spacial score (nSPS) is 17.8. The lowest BCUT2D eigenvalue weighted by Gasteiger charge is -2.16. The molecule has 1 aromatic carbocycles. The van der Waals surface area contributed by atoms with Gasteiger partial charge in [0.25, 0.3) is 0 Å². The van der Waals surface area contributed by atoms with Crippen LogP contribution in [0.1, 0.15) is 39.2 Å². The summed E-state index contributed by atoms with van der Waals surface area (Å²) in [5.41, 5.74) is 1.28. The van der Waals surface area contributed by atoms with E-state index in [1.165, 1.54) is 5.56 Å². The number of nitrogens with one attached hydrogen (secondary N) is 2. The summed E-state index contributed by atoms with van der Waals surface area (Å²) in [5.74, 6) is 2.12. The van der Waals surface area contributed by atoms with Crippen molar-refractivity contribution in [3.8, 4) is 0 Å². The molecule has 5 nitrogen and oxygen atoms in total. The van der Waals surface area contributed by atoms with Crippen molar-refractivity contribution < 1.29 is 4.79 Å². The van der Waals surface area contributed by atoms with Crippen molar-refractivity contribution in [2.24, 2.45) is 16.8 Å². The lowest BCUT2D eigenvalue weighted by Crippen LogP contribution is -2.38. The molecule has 26 heavy (non-hydrogen) atoms. The highest BCUT2D eigenvalue weighted by molar-refractivity contribution is 5.80. The Labute approximate surface area is 158 Å². The van der Waals surface area contributed by atoms with Crippen LogP contribution in [-0.4, -0.2) is 49.5 Å². The van der Waals surface area contributed by atoms with Crippen molar-refractivity contribution in [1.82, 2.24) is 15.5 Å². The quantitative estimate of drug-likeness (QED) is 0.527. The highest BCUT2D eigenvalue weighted by Crippen LogP contribution is 2.18. The zero-order chi connectivity index (χ0) is 18.8. The van der Waals surface area contributed by atoms with Gasteiger partial charge in [-0.15, -0.1) is 0 Å². The number of benzene rings is 1. The standard InChI is InChI=1S/C21H34N4O/c1-4-22-21(23-12-10-17(2)3)24-15-19-14-20(26)25(16-19)13-11-18-8-6-5-7-9-18/h5-9,17,19H,4,10-16H2,1-3H3,(H2,22,23,24). The van der Waals surface area contributed by atoms with E-state index in [-0.39, 0.29) is 5.91 Å². The number of nitrogens with zero attached hydrogens (tertiary/aromatic N) is 2. The third kappa shape index (κ3) is 7.06. The Hall–Kier alpha value is -2.04. The van der Waals surface area contributed by atoms with Gasteiger partial charge in [0, 0.05) is 45.1 Å². The van der Waals surface area contributed by atoms with Gasteiger partial charge < -0.3 is 15.5 Å². The third-order valence-electron chi connectivity index (χ3n) is 4.67. The predicted octanol–water partition coefficient (Wildman–Crippen LogP) is 2.68. The van der Waals surface area contributed by atoms with Gasteiger partial charge in [-0.25, -0.2) is 0 Å². The summed E-state index contributed by atoms with van der Waals surface area (Å²) in [6.07, 6.45) is 2.66. The van der Waals surface area contributed by atoms with Crippen LogP contribution in [0.4, 0.5) is 0 Å². The van der Waals surface area contributed by atoms with Crippen LogP contribution >= 0.6 is 0 Å². The molecule has 2 N–H and O–H groups in total. The number of carbonyl (C=O) groups excluding carboxylic acids is 1. The fourth-order valence-corrected chi connectivity index (χ4v) is 3.14. The van der Waals surface area contributed by atoms with E-state index in [2.05, 4.69) is 43.5 Å². The zero-order valence-corrected chi connectivity index (χ0v) is 16.5. The number of rotatable bonds is 9. The van der Waals surface area contributed by atoms with Crippen LogP contribution in [0.3, 0.4) is 0 Å². The van der Waals surface area contributed by atoms with Crippen LogP contribution < -0.4 is 10.6 Å². The van der Waals surface area contributed by atoms with Gasteiger partial charge in [-0.05, 0) is 31.2 Å². The number of hydrogen-bond acceptors (Lipinski definition) is 2. The van der Waals surface area contributed by atoms with Crippen molar-refractivity contribution in [2.75, 3.05) is 32.7 Å². The van der Waals surface area contributed by atoms with E-state index >= 15 is 0 Å². The minimum absolute atomic E-state index is 0.263. The highest BCUT2D eigenvalue weighted by Gasteiger charge is 2.28. The highest BCUT2D eigenvalue weighted by atomic mass is 16.2. The summed E-state index contributed by atoms with van der Waals surface area (Å²) < 4.78 is 0. The Bertz CT molecular complexity index is 571. The van der Waals surface area contributed by atoms with Crippen LogP contribution in [-0.2, 0) is 11.2 Å². The molecule has 1 saturated heterocycles. The Morgan fingerprint density at radius 2 is 2.04 bits per heavy atom. The first-order valence-corrected chi connectivity index (χ1v) is 9.92. The van der Waals surface area contributed by atoms with E-state index in [0.29, 0.717) is 24.8 Å². The Balaban J connectivity index is 1.78. The maximum absolute atomic E-state index is 12.3. The molecule has 1 aliphatic heterocycles. The summed E-state index contributed by atoms with van der Waals surface area (Å²) in [4.78, 5) is 19.0. The van der Waals surface area contributed by atoms with E-state index in [9.17, 15) is 4.79 Å². The molecule has 2 rings (SSSR count). The van der Waals surface area contributed by atoms with Crippen molar-refractivity contribution in [3.63, 3.8) is 0 Å². The number of likely N-dealkylation sites (tertiary alicyclic amines) is 1. The zero-order valence-electron chi connectivity index (χ0n) is 16.5. The van der Waals surface area contributed by atoms with Crippen LogP contribution in [0, 0.1) is 11.8 Å². The van der Waals surface area contributed by atoms with E-state index < -0.39 is 0 Å². The number of carbonyl (C=O) groups is 1. The Morgan fingerprint density at radius 1 is 1.27 bits per heavy atom. The van der Waals surface area contributed by atoms with Crippen molar-refractivity contribution in [2.45, 2.75) is 40.0 Å². The van der Waals surface area contributed by atoms with Crippen LogP contribution in [0.15, 0.2) is 35.3 Å². The molecule has 0 bridgehead atoms. The molecule has 0 radical (unpaired) electrons. The maximum Gasteiger partial charge on any atom is 0.223 e. The van der Waals surface area contributed by atoms with Gasteiger partial charge in [0.2, 0.25) is 5.91 Å². The van der Waals surface area contributed by atoms with Gasteiger partial charge in [0.15, 0.2) is 5.96 Å². The number of guanidine groups is 1. The molecular formula is C21H34N4O. The summed E-state index contributed by atoms with van der Waals surface area (Å²) in [6.45, 7) is 10.6. The second-order valence-electron chi connectivity index (χ2n) is 7.47. The lowest BCUT2D eigenvalue weighted by atomic mass is 10.1. The molecule has 5 heteroatoms. The van der Waals surface area contributed by atoms with E-state index in [4.69, 9.17) is 4.99 Å². The lowest BCUT2D eigenvalue weighted by molar-refractivity contribution is -0.127. The van der Waals surface area contributed by atoms with Gasteiger partial charge in [-0.2, -0.15) is 0 Å². The van der Waals surface area contributed by atoms with Gasteiger partial charge >= 0.3 is 0 Å². The van der Waals surface area contributed by atoms with Crippen molar-refractivity contribution in [1.29, 1.82) is 0 Å². The van der Waals surface area contributed by atoms with Crippen LogP contribution in [0.25, 0.3) is 0 Å². The molecule has 0 aromatic heterocycles. The molecule has 0 spiro atoms. The molecule has 1 unspecified atom stereocenters. The molecule has 0 aliphatic carbocycles. The largest absolute Gasteiger partial charge is 0.357 e. The first kappa shape index (κ1) is 20.3. The van der Waals surface area contributed by atoms with Crippen LogP contribution in [0.5, 0.6) is 0 Å². The Kier molecular flexibility index (Phi) is 8.45. The molecule has 1 fully saturated rings. The summed E-state index contributed by atoms with van der Waals surface area (Å²) in [5, 5.41) is 6.68. The number of amides is 1. The van der Waals surface area contributed by atoms with Gasteiger partial charge in [-0.3, -0.25) is 9.79 Å². The SMILES string of the molecule is CCNC(=NCC1CC(=O)N(CCc2ccccc2)C1)NCCC(C)C. The minimum atomic E-state index is 0.263. The summed E-state index contributed by atoms with van der Waals surface area (Å²) in [7, 11) is 0. The van der Waals surface area contributed by atoms with Gasteiger partial charge in [0.1, 0.15) is 0 Å². The molecule has 1 aliphatic rings. The maximum atomic E-state index is 12.3. The first-order valence-electron chi connectivity index (χ1n) is 9.92. The van der Waals surface area contributed by atoms with Crippen molar-refractivity contribution in [3.05, 3.63) is 35.9 Å². The minimum Gasteiger partial charge on any atom is -0.357 e. The summed E-state index contributed by atoms with van der Waals surface area (Å²) in [6, 6.07) is 10.4. The second-order valence-corrected chi connectivity index (χ2v) is 7.47. The smallest absolute Gasteiger partial charge is 0.223 e. The third-order valence-corrected chi connectivity index (χ3v) is 4.67. The van der Waals surface area contributed by atoms with Crippen molar-refractivity contribution >= 4 is 11.9 Å². The first-order chi connectivity index (χ1) is 12.6. The summed E-state index contributed by atoms with van der Waals surface area (Å²) >= 11 is 0. The fourth-order valence-electron chi connectivity index (χ4n) is 3.14. The molecule has 144 valence electrons. The number of hydrogen-bond donors (Lipinski definition) is 2. The second kappa shape index (κ2) is 10.8. The van der Waals surface area contributed by atoms with E-state index in [1.54, 1.807) is 0 Å². The molecule has 0 saturated carbocycles. The number of aliphatic imine (C=N–C) groups is 1. The van der Waals surface area contributed by atoms with Gasteiger partial charge in [-0.1, -0.05) is 44.2 Å². The average Bonchev–Trinajstić information content (AvgIpc) is 2.98. The topological polar surface area (TPSA) is 56.7 Å². The molecule has 1 atom stereocenters. The molecule has 1 aromatic rings. The van der Waals surface area contributed by atoms with E-state index in [1.807, 2.05) is 23.1 Å². The van der Waals surface area contributed by atoms with Gasteiger partial charge in [0.05, 0.1) is 0 Å². The molecular weight excluding hydrogens is 324 g/mol. The monoisotopic (exact) mass is 358 g/mol. The molecule has 1 heterocycles. The van der Waals surface area contributed by atoms with E-state index in [0.717, 1.165) is 45.0 Å². The fraction of sp³-hybridized carbons (Fsp3) is 0.619. The Morgan fingerprint density at radius 3 is 2.73 bits per heavy atom. The van der Waals surface area contributed by atoms with Crippen LogP contribution in [0.2, 0.25) is 0 Å². The average molecular weight is 359 g/mol.